The summed E-state index contributed by atoms with van der Waals surface area (Å²) in [6, 6.07) is 21.2. The van der Waals surface area contributed by atoms with E-state index < -0.39 is 34.3 Å². The van der Waals surface area contributed by atoms with E-state index in [2.05, 4.69) is 5.32 Å². The predicted molar refractivity (Wildman–Crippen MR) is 152 cm³/mol. The highest BCUT2D eigenvalue weighted by molar-refractivity contribution is 7.92. The molecule has 39 heavy (non-hydrogen) atoms. The molecule has 0 spiro atoms. The molecule has 1 N–H and O–H groups in total. The van der Waals surface area contributed by atoms with Gasteiger partial charge < -0.3 is 10.2 Å². The first-order chi connectivity index (χ1) is 18.6. The Bertz CT molecular complexity index is 1370. The van der Waals surface area contributed by atoms with Crippen molar-refractivity contribution in [1.29, 1.82) is 0 Å². The zero-order valence-corrected chi connectivity index (χ0v) is 23.5. The second kappa shape index (κ2) is 13.9. The summed E-state index contributed by atoms with van der Waals surface area (Å²) in [6.45, 7) is 3.94. The Morgan fingerprint density at radius 2 is 1.64 bits per heavy atom. The van der Waals surface area contributed by atoms with Gasteiger partial charge in [0.25, 0.3) is 0 Å². The summed E-state index contributed by atoms with van der Waals surface area (Å²) in [6.07, 6.45) is 2.90. The van der Waals surface area contributed by atoms with E-state index in [1.54, 1.807) is 0 Å². The molecule has 0 heterocycles. The lowest BCUT2D eigenvalue weighted by Crippen LogP contribution is -2.53. The van der Waals surface area contributed by atoms with Gasteiger partial charge in [-0.2, -0.15) is 0 Å². The van der Waals surface area contributed by atoms with Crippen molar-refractivity contribution >= 4 is 27.5 Å². The molecule has 0 aliphatic heterocycles. The zero-order chi connectivity index (χ0) is 28.4. The average Bonchev–Trinajstić information content (AvgIpc) is 2.89. The van der Waals surface area contributed by atoms with E-state index in [4.69, 9.17) is 0 Å². The van der Waals surface area contributed by atoms with Gasteiger partial charge in [-0.05, 0) is 42.7 Å². The van der Waals surface area contributed by atoms with E-state index in [9.17, 15) is 22.4 Å². The smallest absolute Gasteiger partial charge is 0.244 e. The molecule has 0 aliphatic rings. The number of rotatable bonds is 13. The molecule has 3 rings (SSSR count). The standard InChI is InChI=1S/C30H36FN3O4S/c1-4-5-17-32-30(36)28(19-24-12-7-6-8-13-24)33(21-25-14-9-11-23(2)18-25)29(35)22-34(39(3,37)38)27-16-10-15-26(31)20-27/h6-16,18,20,28H,4-5,17,19,21-22H2,1-3H3,(H,32,36)/t28-/m1/s1. The second-order valence-electron chi connectivity index (χ2n) is 9.61. The number of benzene rings is 3. The third-order valence-corrected chi connectivity index (χ3v) is 7.45. The summed E-state index contributed by atoms with van der Waals surface area (Å²) in [7, 11) is -3.95. The van der Waals surface area contributed by atoms with Crippen molar-refractivity contribution in [2.75, 3.05) is 23.7 Å². The highest BCUT2D eigenvalue weighted by Crippen LogP contribution is 2.21. The van der Waals surface area contributed by atoms with Crippen LogP contribution in [0, 0.1) is 12.7 Å². The quantitative estimate of drug-likeness (QED) is 0.317. The van der Waals surface area contributed by atoms with Crippen LogP contribution in [0.25, 0.3) is 0 Å². The fraction of sp³-hybridized carbons (Fsp3) is 0.333. The fourth-order valence-corrected chi connectivity index (χ4v) is 5.15. The van der Waals surface area contributed by atoms with Crippen LogP contribution in [0.2, 0.25) is 0 Å². The van der Waals surface area contributed by atoms with Crippen molar-refractivity contribution in [2.24, 2.45) is 0 Å². The van der Waals surface area contributed by atoms with Crippen molar-refractivity contribution in [3.8, 4) is 0 Å². The van der Waals surface area contributed by atoms with Crippen LogP contribution >= 0.6 is 0 Å². The molecule has 208 valence electrons. The minimum Gasteiger partial charge on any atom is -0.354 e. The molecule has 3 aromatic carbocycles. The second-order valence-corrected chi connectivity index (χ2v) is 11.5. The highest BCUT2D eigenvalue weighted by atomic mass is 32.2. The Morgan fingerprint density at radius 3 is 2.28 bits per heavy atom. The third-order valence-electron chi connectivity index (χ3n) is 6.31. The molecule has 3 aromatic rings. The lowest BCUT2D eigenvalue weighted by atomic mass is 10.0. The Hall–Kier alpha value is -3.72. The van der Waals surface area contributed by atoms with Gasteiger partial charge in [0.15, 0.2) is 0 Å². The highest BCUT2D eigenvalue weighted by Gasteiger charge is 2.33. The minimum atomic E-state index is -3.95. The molecule has 2 amide bonds. The van der Waals surface area contributed by atoms with Crippen molar-refractivity contribution in [3.63, 3.8) is 0 Å². The summed E-state index contributed by atoms with van der Waals surface area (Å²) in [4.78, 5) is 28.9. The first-order valence-electron chi connectivity index (χ1n) is 13.0. The predicted octanol–water partition coefficient (Wildman–Crippen LogP) is 4.46. The molecule has 0 aromatic heterocycles. The van der Waals surface area contributed by atoms with Gasteiger partial charge in [0.2, 0.25) is 21.8 Å². The van der Waals surface area contributed by atoms with Crippen LogP contribution < -0.4 is 9.62 Å². The number of nitrogens with zero attached hydrogens (tertiary/aromatic N) is 2. The van der Waals surface area contributed by atoms with Crippen molar-refractivity contribution < 1.29 is 22.4 Å². The maximum absolute atomic E-state index is 14.0. The van der Waals surface area contributed by atoms with Crippen LogP contribution in [0.3, 0.4) is 0 Å². The lowest BCUT2D eigenvalue weighted by molar-refractivity contribution is -0.140. The van der Waals surface area contributed by atoms with E-state index in [1.807, 2.05) is 68.4 Å². The van der Waals surface area contributed by atoms with Crippen molar-refractivity contribution in [2.45, 2.75) is 45.7 Å². The maximum atomic E-state index is 14.0. The molecule has 0 radical (unpaired) electrons. The Labute approximate surface area is 230 Å². The molecular weight excluding hydrogens is 517 g/mol. The van der Waals surface area contributed by atoms with Gasteiger partial charge in [0.1, 0.15) is 18.4 Å². The lowest BCUT2D eigenvalue weighted by Gasteiger charge is -2.33. The largest absolute Gasteiger partial charge is 0.354 e. The summed E-state index contributed by atoms with van der Waals surface area (Å²) >= 11 is 0. The number of carbonyl (C=O) groups excluding carboxylic acids is 2. The van der Waals surface area contributed by atoms with Crippen LogP contribution in [-0.2, 0) is 32.6 Å². The fourth-order valence-electron chi connectivity index (χ4n) is 4.31. The number of nitrogens with one attached hydrogen (secondary N) is 1. The van der Waals surface area contributed by atoms with Crippen molar-refractivity contribution in [1.82, 2.24) is 10.2 Å². The van der Waals surface area contributed by atoms with Gasteiger partial charge >= 0.3 is 0 Å². The Balaban J connectivity index is 2.03. The van der Waals surface area contributed by atoms with Gasteiger partial charge in [-0.15, -0.1) is 0 Å². The number of halogens is 1. The normalized spacial score (nSPS) is 12.0. The van der Waals surface area contributed by atoms with Crippen molar-refractivity contribution in [3.05, 3.63) is 101 Å². The minimum absolute atomic E-state index is 0.0355. The number of sulfonamides is 1. The van der Waals surface area contributed by atoms with Crippen LogP contribution in [-0.4, -0.2) is 50.5 Å². The number of aryl methyl sites for hydroxylation is 1. The molecule has 0 unspecified atom stereocenters. The first-order valence-corrected chi connectivity index (χ1v) is 14.8. The molecule has 0 bridgehead atoms. The van der Waals surface area contributed by atoms with Crippen LogP contribution in [0.1, 0.15) is 36.5 Å². The summed E-state index contributed by atoms with van der Waals surface area (Å²) in [5.74, 6) is -1.51. The van der Waals surface area contributed by atoms with Crippen LogP contribution in [0.5, 0.6) is 0 Å². The summed E-state index contributed by atoms with van der Waals surface area (Å²) < 4.78 is 40.3. The number of carbonyl (C=O) groups is 2. The Morgan fingerprint density at radius 1 is 0.949 bits per heavy atom. The number of hydrogen-bond acceptors (Lipinski definition) is 4. The van der Waals surface area contributed by atoms with Gasteiger partial charge in [0.05, 0.1) is 11.9 Å². The SMILES string of the molecule is CCCCNC(=O)[C@@H](Cc1ccccc1)N(Cc1cccc(C)c1)C(=O)CN(c1cccc(F)c1)S(C)(=O)=O. The molecule has 1 atom stereocenters. The Kier molecular flexibility index (Phi) is 10.6. The van der Waals surface area contributed by atoms with Gasteiger partial charge in [-0.25, -0.2) is 12.8 Å². The molecule has 0 aliphatic carbocycles. The molecule has 0 saturated carbocycles. The summed E-state index contributed by atoms with van der Waals surface area (Å²) in [5.41, 5.74) is 2.69. The average molecular weight is 554 g/mol. The van der Waals surface area contributed by atoms with Gasteiger partial charge in [0, 0.05) is 19.5 Å². The number of hydrogen-bond donors (Lipinski definition) is 1. The molecule has 0 fully saturated rings. The van der Waals surface area contributed by atoms with E-state index in [0.717, 1.165) is 46.2 Å². The number of amides is 2. The van der Waals surface area contributed by atoms with Crippen LogP contribution in [0.4, 0.5) is 10.1 Å². The molecule has 7 nitrogen and oxygen atoms in total. The maximum Gasteiger partial charge on any atom is 0.244 e. The van der Waals surface area contributed by atoms with E-state index in [1.165, 1.54) is 23.1 Å². The monoisotopic (exact) mass is 553 g/mol. The number of anilines is 1. The van der Waals surface area contributed by atoms with E-state index >= 15 is 0 Å². The van der Waals surface area contributed by atoms with E-state index in [0.29, 0.717) is 6.54 Å². The first kappa shape index (κ1) is 29.8. The van der Waals surface area contributed by atoms with Gasteiger partial charge in [-0.1, -0.05) is 79.6 Å². The van der Waals surface area contributed by atoms with E-state index in [-0.39, 0.29) is 24.6 Å². The van der Waals surface area contributed by atoms with Gasteiger partial charge in [-0.3, -0.25) is 13.9 Å². The summed E-state index contributed by atoms with van der Waals surface area (Å²) in [5, 5.41) is 2.94. The molecular formula is C30H36FN3O4S. The molecule has 9 heteroatoms. The van der Waals surface area contributed by atoms with Crippen LogP contribution in [0.15, 0.2) is 78.9 Å². The topological polar surface area (TPSA) is 86.8 Å². The third kappa shape index (κ3) is 8.92. The number of unbranched alkanes of at least 4 members (excludes halogenated alkanes) is 1. The zero-order valence-electron chi connectivity index (χ0n) is 22.6. The molecule has 0 saturated heterocycles.